The van der Waals surface area contributed by atoms with Crippen LogP contribution in [-0.4, -0.2) is 4.61 Å². The third-order valence-corrected chi connectivity index (χ3v) is 1.87. The summed E-state index contributed by atoms with van der Waals surface area (Å²) in [5.74, 6) is 0.999. The molecule has 0 aliphatic rings. The van der Waals surface area contributed by atoms with E-state index in [1.54, 1.807) is 0 Å². The lowest BCUT2D eigenvalue weighted by Gasteiger charge is -2.05. The molecule has 0 unspecified atom stereocenters. The van der Waals surface area contributed by atoms with Gasteiger partial charge in [0.15, 0.2) is 0 Å². The van der Waals surface area contributed by atoms with E-state index in [-0.39, 0.29) is 0 Å². The Morgan fingerprint density at radius 1 is 1.36 bits per heavy atom. The quantitative estimate of drug-likeness (QED) is 0.588. The van der Waals surface area contributed by atoms with Gasteiger partial charge in [-0.1, -0.05) is 12.1 Å². The van der Waals surface area contributed by atoms with Crippen molar-refractivity contribution in [1.82, 2.24) is 0 Å². The van der Waals surface area contributed by atoms with Gasteiger partial charge in [-0.15, -0.1) is 0 Å². The van der Waals surface area contributed by atoms with Crippen LogP contribution in [0.4, 0.5) is 0 Å². The standard InChI is InChI=1S/C9H11IO/c1-7-3-4-8(2)9(5-7)11-6-10/h3-5H,6H2,1-2H3. The first-order valence-corrected chi connectivity index (χ1v) is 5.02. The summed E-state index contributed by atoms with van der Waals surface area (Å²) in [4.78, 5) is 0. The van der Waals surface area contributed by atoms with E-state index in [1.165, 1.54) is 11.1 Å². The fourth-order valence-electron chi connectivity index (χ4n) is 0.922. The lowest BCUT2D eigenvalue weighted by molar-refractivity contribution is 0.401. The number of aryl methyl sites for hydroxylation is 2. The molecule has 0 spiro atoms. The molecule has 0 N–H and O–H groups in total. The van der Waals surface area contributed by atoms with Crippen molar-refractivity contribution < 1.29 is 4.74 Å². The van der Waals surface area contributed by atoms with Gasteiger partial charge in [0.1, 0.15) is 10.4 Å². The first-order valence-electron chi connectivity index (χ1n) is 3.50. The van der Waals surface area contributed by atoms with Crippen LogP contribution in [0.25, 0.3) is 0 Å². The Bertz CT molecular complexity index is 245. The molecule has 0 aromatic heterocycles. The maximum absolute atomic E-state index is 5.40. The van der Waals surface area contributed by atoms with Gasteiger partial charge in [-0.25, -0.2) is 0 Å². The van der Waals surface area contributed by atoms with Crippen molar-refractivity contribution in [1.29, 1.82) is 0 Å². The van der Waals surface area contributed by atoms with Crippen LogP contribution in [0.2, 0.25) is 0 Å². The molecule has 0 aliphatic heterocycles. The van der Waals surface area contributed by atoms with Crippen molar-refractivity contribution in [2.75, 3.05) is 4.61 Å². The van der Waals surface area contributed by atoms with Crippen LogP contribution in [0.3, 0.4) is 0 Å². The first-order chi connectivity index (χ1) is 5.24. The number of benzene rings is 1. The third-order valence-electron chi connectivity index (χ3n) is 1.55. The summed E-state index contributed by atoms with van der Waals surface area (Å²) >= 11 is 2.20. The highest BCUT2D eigenvalue weighted by Crippen LogP contribution is 2.19. The second kappa shape index (κ2) is 3.95. The largest absolute Gasteiger partial charge is 0.483 e. The van der Waals surface area contributed by atoms with Gasteiger partial charge in [0.25, 0.3) is 0 Å². The van der Waals surface area contributed by atoms with E-state index < -0.39 is 0 Å². The number of hydrogen-bond acceptors (Lipinski definition) is 1. The van der Waals surface area contributed by atoms with Crippen LogP contribution in [0.1, 0.15) is 11.1 Å². The lowest BCUT2D eigenvalue weighted by Crippen LogP contribution is -1.91. The highest BCUT2D eigenvalue weighted by molar-refractivity contribution is 14.1. The second-order valence-corrected chi connectivity index (χ2v) is 3.15. The summed E-state index contributed by atoms with van der Waals surface area (Å²) in [6.45, 7) is 4.13. The molecule has 1 aromatic rings. The lowest BCUT2D eigenvalue weighted by atomic mass is 10.1. The van der Waals surface area contributed by atoms with Gasteiger partial charge in [0, 0.05) is 0 Å². The summed E-state index contributed by atoms with van der Waals surface area (Å²) < 4.78 is 6.11. The average Bonchev–Trinajstić information content (AvgIpc) is 1.98. The molecule has 11 heavy (non-hydrogen) atoms. The molecule has 0 atom stereocenters. The number of ether oxygens (including phenoxy) is 1. The van der Waals surface area contributed by atoms with Gasteiger partial charge in [-0.3, -0.25) is 0 Å². The Morgan fingerprint density at radius 2 is 2.09 bits per heavy atom. The Morgan fingerprint density at radius 3 is 2.73 bits per heavy atom. The summed E-state index contributed by atoms with van der Waals surface area (Å²) in [5, 5.41) is 0. The first kappa shape index (κ1) is 8.84. The zero-order valence-corrected chi connectivity index (χ0v) is 8.88. The fourth-order valence-corrected chi connectivity index (χ4v) is 1.26. The zero-order chi connectivity index (χ0) is 8.27. The normalized spacial score (nSPS) is 9.73. The molecule has 0 saturated heterocycles. The molecule has 60 valence electrons. The Balaban J connectivity index is 2.93. The van der Waals surface area contributed by atoms with Crippen LogP contribution >= 0.6 is 22.6 Å². The molecular formula is C9H11IO. The fraction of sp³-hybridized carbons (Fsp3) is 0.333. The molecule has 1 rings (SSSR count). The van der Waals surface area contributed by atoms with E-state index in [1.807, 2.05) is 0 Å². The van der Waals surface area contributed by atoms with Crippen molar-refractivity contribution in [3.63, 3.8) is 0 Å². The number of rotatable bonds is 2. The maximum Gasteiger partial charge on any atom is 0.139 e. The molecule has 0 amide bonds. The minimum absolute atomic E-state index is 0.710. The van der Waals surface area contributed by atoms with Crippen LogP contribution < -0.4 is 4.74 Å². The van der Waals surface area contributed by atoms with Crippen molar-refractivity contribution in [2.45, 2.75) is 13.8 Å². The Kier molecular flexibility index (Phi) is 3.17. The minimum atomic E-state index is 0.710. The number of hydrogen-bond donors (Lipinski definition) is 0. The van der Waals surface area contributed by atoms with Crippen LogP contribution in [0.5, 0.6) is 5.75 Å². The summed E-state index contributed by atoms with van der Waals surface area (Å²) in [6.07, 6.45) is 0. The SMILES string of the molecule is Cc1ccc(C)c(OCI)c1. The summed E-state index contributed by atoms with van der Waals surface area (Å²) in [7, 11) is 0. The average molecular weight is 262 g/mol. The molecule has 0 aliphatic carbocycles. The van der Waals surface area contributed by atoms with E-state index in [9.17, 15) is 0 Å². The van der Waals surface area contributed by atoms with E-state index in [0.717, 1.165) is 5.75 Å². The highest BCUT2D eigenvalue weighted by atomic mass is 127. The van der Waals surface area contributed by atoms with E-state index >= 15 is 0 Å². The van der Waals surface area contributed by atoms with Gasteiger partial charge in [-0.05, 0) is 53.6 Å². The van der Waals surface area contributed by atoms with Gasteiger partial charge in [0.05, 0.1) is 0 Å². The molecule has 0 radical (unpaired) electrons. The topological polar surface area (TPSA) is 9.23 Å². The molecule has 1 aromatic carbocycles. The van der Waals surface area contributed by atoms with Crippen molar-refractivity contribution in [3.8, 4) is 5.75 Å². The van der Waals surface area contributed by atoms with E-state index in [0.29, 0.717) is 4.61 Å². The van der Waals surface area contributed by atoms with Crippen LogP contribution in [0.15, 0.2) is 18.2 Å². The van der Waals surface area contributed by atoms with E-state index in [2.05, 4.69) is 54.6 Å². The van der Waals surface area contributed by atoms with Crippen molar-refractivity contribution in [2.24, 2.45) is 0 Å². The second-order valence-electron chi connectivity index (χ2n) is 2.52. The number of halogens is 1. The Labute approximate surface area is 80.9 Å². The molecule has 0 fully saturated rings. The van der Waals surface area contributed by atoms with Crippen LogP contribution in [0, 0.1) is 13.8 Å². The van der Waals surface area contributed by atoms with Gasteiger partial charge in [-0.2, -0.15) is 0 Å². The van der Waals surface area contributed by atoms with Gasteiger partial charge in [0.2, 0.25) is 0 Å². The summed E-state index contributed by atoms with van der Waals surface area (Å²) in [6, 6.07) is 6.24. The van der Waals surface area contributed by atoms with Crippen molar-refractivity contribution >= 4 is 22.6 Å². The van der Waals surface area contributed by atoms with Crippen molar-refractivity contribution in [3.05, 3.63) is 29.3 Å². The Hall–Kier alpha value is -0.250. The van der Waals surface area contributed by atoms with Gasteiger partial charge >= 0.3 is 0 Å². The number of alkyl halides is 1. The third kappa shape index (κ3) is 2.36. The monoisotopic (exact) mass is 262 g/mol. The predicted octanol–water partition coefficient (Wildman–Crippen LogP) is 3.07. The molecule has 1 nitrogen and oxygen atoms in total. The maximum atomic E-state index is 5.40. The molecule has 0 saturated carbocycles. The smallest absolute Gasteiger partial charge is 0.139 e. The molecule has 0 heterocycles. The van der Waals surface area contributed by atoms with E-state index in [4.69, 9.17) is 4.74 Å². The highest BCUT2D eigenvalue weighted by Gasteiger charge is 1.97. The van der Waals surface area contributed by atoms with Gasteiger partial charge < -0.3 is 4.74 Å². The summed E-state index contributed by atoms with van der Waals surface area (Å²) in [5.41, 5.74) is 2.45. The minimum Gasteiger partial charge on any atom is -0.483 e. The van der Waals surface area contributed by atoms with Crippen LogP contribution in [-0.2, 0) is 0 Å². The molecule has 2 heteroatoms. The zero-order valence-electron chi connectivity index (χ0n) is 6.73. The predicted molar refractivity (Wildman–Crippen MR) is 55.4 cm³/mol. The molecule has 0 bridgehead atoms. The molecular weight excluding hydrogens is 251 g/mol.